The first-order valence-electron chi connectivity index (χ1n) is 13.3. The molecule has 9 nitrogen and oxygen atoms in total. The van der Waals surface area contributed by atoms with Crippen molar-refractivity contribution in [1.29, 1.82) is 0 Å². The molecule has 1 aromatic rings. The zero-order valence-electron chi connectivity index (χ0n) is 22.9. The van der Waals surface area contributed by atoms with E-state index in [1.54, 1.807) is 44.0 Å². The minimum Gasteiger partial charge on any atom is -0.481 e. The fourth-order valence-electron chi connectivity index (χ4n) is 5.59. The maximum Gasteiger partial charge on any atom is 0.416 e. The van der Waals surface area contributed by atoms with Gasteiger partial charge in [0.1, 0.15) is 17.4 Å². The van der Waals surface area contributed by atoms with E-state index < -0.39 is 64.3 Å². The van der Waals surface area contributed by atoms with Gasteiger partial charge in [0.05, 0.1) is 23.7 Å². The first-order chi connectivity index (χ1) is 19.2. The van der Waals surface area contributed by atoms with Crippen molar-refractivity contribution in [3.05, 3.63) is 59.1 Å². The van der Waals surface area contributed by atoms with E-state index in [9.17, 15) is 41.8 Å². The van der Waals surface area contributed by atoms with Gasteiger partial charge in [-0.15, -0.1) is 0 Å². The van der Waals surface area contributed by atoms with E-state index in [1.165, 1.54) is 4.90 Å². The number of alkyl halides is 3. The van der Waals surface area contributed by atoms with Crippen molar-refractivity contribution in [2.75, 3.05) is 26.8 Å². The lowest BCUT2D eigenvalue weighted by Gasteiger charge is -2.44. The molecule has 3 amide bonds. The number of halogens is 4. The highest BCUT2D eigenvalue weighted by Crippen LogP contribution is 2.40. The van der Waals surface area contributed by atoms with Gasteiger partial charge in [-0.2, -0.15) is 13.2 Å². The lowest BCUT2D eigenvalue weighted by atomic mass is 9.84. The number of carboxylic acid groups (broad SMARTS) is 1. The molecular formula is C28H32F4N4O5. The van der Waals surface area contributed by atoms with E-state index in [2.05, 4.69) is 5.32 Å². The lowest BCUT2D eigenvalue weighted by molar-refractivity contribution is -0.141. The predicted octanol–water partition coefficient (Wildman–Crippen LogP) is 3.24. The monoisotopic (exact) mass is 580 g/mol. The lowest BCUT2D eigenvalue weighted by Crippen LogP contribution is -2.59. The van der Waals surface area contributed by atoms with Crippen molar-refractivity contribution in [1.82, 2.24) is 20.0 Å². The number of nitrogens with zero attached hydrogens (tertiary/aromatic N) is 3. The topological polar surface area (TPSA) is 110 Å². The van der Waals surface area contributed by atoms with E-state index in [4.69, 9.17) is 0 Å². The molecule has 222 valence electrons. The summed E-state index contributed by atoms with van der Waals surface area (Å²) >= 11 is 0. The minimum atomic E-state index is -4.78. The summed E-state index contributed by atoms with van der Waals surface area (Å²) in [7, 11) is 1.67. The molecule has 1 aromatic carbocycles. The fourth-order valence-corrected chi connectivity index (χ4v) is 5.59. The summed E-state index contributed by atoms with van der Waals surface area (Å²) in [6, 6.07) is 0.380. The van der Waals surface area contributed by atoms with Crippen LogP contribution in [-0.4, -0.2) is 81.9 Å². The van der Waals surface area contributed by atoms with Crippen LogP contribution in [0, 0.1) is 17.7 Å². The van der Waals surface area contributed by atoms with Crippen LogP contribution in [0.1, 0.15) is 49.0 Å². The zero-order chi connectivity index (χ0) is 30.3. The third-order valence-electron chi connectivity index (χ3n) is 7.98. The van der Waals surface area contributed by atoms with Gasteiger partial charge >= 0.3 is 12.1 Å². The van der Waals surface area contributed by atoms with Crippen LogP contribution in [0.15, 0.2) is 42.1 Å². The standard InChI is InChI=1S/C28H32F4N4O5/c1-16(2)22(33-23(37)20-14-18(28(30,31)32)6-9-21(20)29)24(38)35-12-10-27(11-13-35)26(41)34(3)15-36(27)19-7-4-17(5-8-19)25(39)40/h4,6-9,14,16-17,22H,5,10-13,15H2,1-3H3,(H,33,37)(H,39,40)/t17?,22-/m1/s1. The Morgan fingerprint density at radius 2 is 1.80 bits per heavy atom. The Morgan fingerprint density at radius 3 is 2.34 bits per heavy atom. The van der Waals surface area contributed by atoms with E-state index >= 15 is 0 Å². The number of carboxylic acids is 1. The van der Waals surface area contributed by atoms with Crippen molar-refractivity contribution in [3.8, 4) is 0 Å². The highest BCUT2D eigenvalue weighted by atomic mass is 19.4. The summed E-state index contributed by atoms with van der Waals surface area (Å²) in [5.74, 6) is -4.92. The maximum absolute atomic E-state index is 14.3. The van der Waals surface area contributed by atoms with Gasteiger partial charge in [-0.3, -0.25) is 19.2 Å². The van der Waals surface area contributed by atoms with E-state index in [0.717, 1.165) is 5.70 Å². The number of rotatable bonds is 6. The Kier molecular flexibility index (Phi) is 8.19. The molecule has 1 spiro atoms. The Balaban J connectivity index is 1.48. The van der Waals surface area contributed by atoms with Crippen LogP contribution in [0.4, 0.5) is 17.6 Å². The number of carbonyl (C=O) groups excluding carboxylic acids is 3. The minimum absolute atomic E-state index is 0.118. The largest absolute Gasteiger partial charge is 0.481 e. The molecule has 2 atom stereocenters. The Labute approximate surface area is 234 Å². The smallest absolute Gasteiger partial charge is 0.416 e. The number of amides is 3. The first kappa shape index (κ1) is 30.1. The van der Waals surface area contributed by atoms with Crippen LogP contribution in [0.25, 0.3) is 0 Å². The highest BCUT2D eigenvalue weighted by Gasteiger charge is 2.54. The van der Waals surface area contributed by atoms with Crippen LogP contribution >= 0.6 is 0 Å². The fraction of sp³-hybridized carbons (Fsp3) is 0.500. The van der Waals surface area contributed by atoms with Crippen LogP contribution in [0.3, 0.4) is 0 Å². The van der Waals surface area contributed by atoms with E-state index in [-0.39, 0.29) is 31.8 Å². The second kappa shape index (κ2) is 11.2. The van der Waals surface area contributed by atoms with Crippen LogP contribution in [-0.2, 0) is 20.6 Å². The third kappa shape index (κ3) is 5.80. The Morgan fingerprint density at radius 1 is 1.15 bits per heavy atom. The predicted molar refractivity (Wildman–Crippen MR) is 138 cm³/mol. The summed E-state index contributed by atoms with van der Waals surface area (Å²) < 4.78 is 53.7. The van der Waals surface area contributed by atoms with Gasteiger partial charge in [-0.25, -0.2) is 4.39 Å². The number of likely N-dealkylation sites (tertiary alicyclic amines) is 1. The molecule has 0 saturated carbocycles. The van der Waals surface area contributed by atoms with Crippen LogP contribution in [0.5, 0.6) is 0 Å². The molecule has 41 heavy (non-hydrogen) atoms. The van der Waals surface area contributed by atoms with Gasteiger partial charge in [0.2, 0.25) is 11.8 Å². The highest BCUT2D eigenvalue weighted by molar-refractivity contribution is 5.98. The molecule has 2 N–H and O–H groups in total. The second-order valence-corrected chi connectivity index (χ2v) is 11.0. The molecule has 1 unspecified atom stereocenters. The molecule has 0 bridgehead atoms. The van der Waals surface area contributed by atoms with Crippen molar-refractivity contribution in [2.45, 2.75) is 50.9 Å². The van der Waals surface area contributed by atoms with E-state index in [1.807, 2.05) is 4.90 Å². The van der Waals surface area contributed by atoms with Crippen LogP contribution in [0.2, 0.25) is 0 Å². The summed E-state index contributed by atoms with van der Waals surface area (Å²) in [5.41, 5.74) is -2.20. The molecular weight excluding hydrogens is 548 g/mol. The number of allylic oxidation sites excluding steroid dienone is 2. The summed E-state index contributed by atoms with van der Waals surface area (Å²) in [4.78, 5) is 56.0. The summed E-state index contributed by atoms with van der Waals surface area (Å²) in [5, 5.41) is 11.7. The number of likely N-dealkylation sites (N-methyl/N-ethyl adjacent to an activating group) is 1. The van der Waals surface area contributed by atoms with Gasteiger partial charge in [-0.1, -0.05) is 26.0 Å². The molecule has 2 saturated heterocycles. The van der Waals surface area contributed by atoms with Gasteiger partial charge in [0, 0.05) is 25.8 Å². The quantitative estimate of drug-likeness (QED) is 0.500. The molecule has 2 fully saturated rings. The molecule has 0 aromatic heterocycles. The van der Waals surface area contributed by atoms with Crippen LogP contribution < -0.4 is 5.32 Å². The molecule has 2 aliphatic heterocycles. The van der Waals surface area contributed by atoms with Crippen molar-refractivity contribution in [3.63, 3.8) is 0 Å². The molecule has 1 aliphatic carbocycles. The summed E-state index contributed by atoms with van der Waals surface area (Å²) in [6.07, 6.45) is 1.15. The molecule has 2 heterocycles. The molecule has 3 aliphatic rings. The summed E-state index contributed by atoms with van der Waals surface area (Å²) in [6.45, 7) is 3.94. The Hall–Kier alpha value is -3.90. The number of hydrogen-bond donors (Lipinski definition) is 2. The maximum atomic E-state index is 14.3. The van der Waals surface area contributed by atoms with Gasteiger partial charge < -0.3 is 25.1 Å². The van der Waals surface area contributed by atoms with Gasteiger partial charge in [0.25, 0.3) is 5.91 Å². The normalized spacial score (nSPS) is 21.4. The molecule has 13 heteroatoms. The number of piperidine rings is 1. The SMILES string of the molecule is CC(C)[C@@H](NC(=O)c1cc(C(F)(F)F)ccc1F)C(=O)N1CCC2(CC1)C(=O)N(C)CN2C1=CCC(C(=O)O)C=C1. The average Bonchev–Trinajstić information content (AvgIpc) is 3.16. The van der Waals surface area contributed by atoms with Crippen molar-refractivity contribution < 1.29 is 41.8 Å². The average molecular weight is 581 g/mol. The van der Waals surface area contributed by atoms with Crippen molar-refractivity contribution >= 4 is 23.7 Å². The van der Waals surface area contributed by atoms with E-state index in [0.29, 0.717) is 31.3 Å². The zero-order valence-corrected chi connectivity index (χ0v) is 22.9. The van der Waals surface area contributed by atoms with Crippen molar-refractivity contribution in [2.24, 2.45) is 11.8 Å². The molecule has 0 radical (unpaired) electrons. The number of hydrogen-bond acceptors (Lipinski definition) is 5. The second-order valence-electron chi connectivity index (χ2n) is 11.0. The number of aliphatic carboxylic acids is 1. The number of nitrogens with one attached hydrogen (secondary N) is 1. The third-order valence-corrected chi connectivity index (χ3v) is 7.98. The number of carbonyl (C=O) groups is 4. The van der Waals surface area contributed by atoms with Gasteiger partial charge in [0.15, 0.2) is 0 Å². The molecule has 4 rings (SSSR count). The van der Waals surface area contributed by atoms with Gasteiger partial charge in [-0.05, 0) is 49.5 Å². The number of benzene rings is 1. The Bertz CT molecular complexity index is 1300. The first-order valence-corrected chi connectivity index (χ1v) is 13.3.